The van der Waals surface area contributed by atoms with Gasteiger partial charge in [-0.1, -0.05) is 29.8 Å². The summed E-state index contributed by atoms with van der Waals surface area (Å²) >= 11 is 0. The molecule has 0 aromatic heterocycles. The number of nitrogens with one attached hydrogen (secondary N) is 1. The van der Waals surface area contributed by atoms with Crippen molar-refractivity contribution in [3.63, 3.8) is 0 Å². The van der Waals surface area contributed by atoms with Crippen LogP contribution in [-0.4, -0.2) is 37.0 Å². The molecule has 2 aromatic rings. The summed E-state index contributed by atoms with van der Waals surface area (Å²) in [5.74, 6) is 0.635. The first-order chi connectivity index (χ1) is 13.0. The first-order valence-corrected chi connectivity index (χ1v) is 9.62. The number of hydrogen-bond donors (Lipinski definition) is 2. The molecule has 1 amide bonds. The van der Waals surface area contributed by atoms with Crippen LogP contribution in [0.2, 0.25) is 0 Å². The SMILES string of the molecule is Cc1ccc(C(N)C(=O)Nc2ccc(OCCN3CCCC3)c(C)c2)cc1. The summed E-state index contributed by atoms with van der Waals surface area (Å²) in [5.41, 5.74) is 9.76. The Labute approximate surface area is 161 Å². The molecule has 3 rings (SSSR count). The number of rotatable bonds is 7. The number of likely N-dealkylation sites (tertiary alicyclic amines) is 1. The van der Waals surface area contributed by atoms with Gasteiger partial charge in [-0.2, -0.15) is 0 Å². The van der Waals surface area contributed by atoms with E-state index in [1.54, 1.807) is 0 Å². The highest BCUT2D eigenvalue weighted by atomic mass is 16.5. The number of aryl methyl sites for hydroxylation is 2. The van der Waals surface area contributed by atoms with E-state index in [0.717, 1.165) is 34.7 Å². The van der Waals surface area contributed by atoms with Crippen molar-refractivity contribution in [2.75, 3.05) is 31.6 Å². The Morgan fingerprint density at radius 2 is 1.85 bits per heavy atom. The van der Waals surface area contributed by atoms with E-state index in [1.807, 2.05) is 56.3 Å². The Morgan fingerprint density at radius 3 is 2.52 bits per heavy atom. The van der Waals surface area contributed by atoms with Crippen molar-refractivity contribution in [1.29, 1.82) is 0 Å². The molecule has 0 saturated carbocycles. The monoisotopic (exact) mass is 367 g/mol. The van der Waals surface area contributed by atoms with Gasteiger partial charge in [-0.3, -0.25) is 9.69 Å². The van der Waals surface area contributed by atoms with Crippen LogP contribution >= 0.6 is 0 Å². The van der Waals surface area contributed by atoms with Gasteiger partial charge in [0.05, 0.1) is 0 Å². The van der Waals surface area contributed by atoms with Gasteiger partial charge in [-0.15, -0.1) is 0 Å². The Morgan fingerprint density at radius 1 is 1.15 bits per heavy atom. The van der Waals surface area contributed by atoms with Gasteiger partial charge in [-0.05, 0) is 69.1 Å². The third-order valence-electron chi connectivity index (χ3n) is 5.03. The Kier molecular flexibility index (Phi) is 6.48. The fraction of sp³-hybridized carbons (Fsp3) is 0.409. The van der Waals surface area contributed by atoms with Crippen LogP contribution in [0.3, 0.4) is 0 Å². The summed E-state index contributed by atoms with van der Waals surface area (Å²) in [7, 11) is 0. The van der Waals surface area contributed by atoms with Crippen LogP contribution in [0.25, 0.3) is 0 Å². The molecule has 1 heterocycles. The molecule has 1 aliphatic rings. The average Bonchev–Trinajstić information content (AvgIpc) is 3.17. The third kappa shape index (κ3) is 5.31. The second-order valence-electron chi connectivity index (χ2n) is 7.26. The lowest BCUT2D eigenvalue weighted by Crippen LogP contribution is -2.27. The van der Waals surface area contributed by atoms with Gasteiger partial charge in [0, 0.05) is 12.2 Å². The lowest BCUT2D eigenvalue weighted by atomic mass is 10.1. The van der Waals surface area contributed by atoms with E-state index in [4.69, 9.17) is 10.5 Å². The minimum Gasteiger partial charge on any atom is -0.492 e. The summed E-state index contributed by atoms with van der Waals surface area (Å²) in [6, 6.07) is 12.7. The Bertz CT molecular complexity index is 768. The number of nitrogens with two attached hydrogens (primary N) is 1. The highest BCUT2D eigenvalue weighted by Gasteiger charge is 2.16. The minimum atomic E-state index is -0.692. The molecule has 1 aliphatic heterocycles. The highest BCUT2D eigenvalue weighted by molar-refractivity contribution is 5.95. The van der Waals surface area contributed by atoms with E-state index in [9.17, 15) is 4.79 Å². The molecule has 0 bridgehead atoms. The topological polar surface area (TPSA) is 67.6 Å². The molecule has 0 radical (unpaired) electrons. The second-order valence-corrected chi connectivity index (χ2v) is 7.26. The number of nitrogens with zero attached hydrogens (tertiary/aromatic N) is 1. The molecule has 2 aromatic carbocycles. The number of carbonyl (C=O) groups is 1. The van der Waals surface area contributed by atoms with Crippen molar-refractivity contribution >= 4 is 11.6 Å². The number of ether oxygens (including phenoxy) is 1. The molecule has 0 spiro atoms. The first-order valence-electron chi connectivity index (χ1n) is 9.62. The maximum atomic E-state index is 12.4. The lowest BCUT2D eigenvalue weighted by Gasteiger charge is -2.17. The predicted octanol–water partition coefficient (Wildman–Crippen LogP) is 3.42. The summed E-state index contributed by atoms with van der Waals surface area (Å²) in [6.07, 6.45) is 2.58. The maximum Gasteiger partial charge on any atom is 0.245 e. The molecule has 0 aliphatic carbocycles. The van der Waals surface area contributed by atoms with Gasteiger partial charge in [0.2, 0.25) is 5.91 Å². The molecule has 144 valence electrons. The zero-order valence-electron chi connectivity index (χ0n) is 16.2. The third-order valence-corrected chi connectivity index (χ3v) is 5.03. The van der Waals surface area contributed by atoms with E-state index >= 15 is 0 Å². The normalized spacial score (nSPS) is 15.5. The summed E-state index contributed by atoms with van der Waals surface area (Å²) < 4.78 is 5.91. The molecule has 5 heteroatoms. The van der Waals surface area contributed by atoms with Crippen molar-refractivity contribution < 1.29 is 9.53 Å². The molecule has 1 atom stereocenters. The number of carbonyl (C=O) groups excluding carboxylic acids is 1. The second kappa shape index (κ2) is 9.02. The smallest absolute Gasteiger partial charge is 0.245 e. The molecular weight excluding hydrogens is 338 g/mol. The van der Waals surface area contributed by atoms with Crippen molar-refractivity contribution in [3.8, 4) is 5.75 Å². The van der Waals surface area contributed by atoms with E-state index in [1.165, 1.54) is 25.9 Å². The maximum absolute atomic E-state index is 12.4. The lowest BCUT2D eigenvalue weighted by molar-refractivity contribution is -0.117. The fourth-order valence-corrected chi connectivity index (χ4v) is 3.33. The number of hydrogen-bond acceptors (Lipinski definition) is 4. The molecule has 3 N–H and O–H groups in total. The van der Waals surface area contributed by atoms with Gasteiger partial charge >= 0.3 is 0 Å². The molecule has 1 fully saturated rings. The van der Waals surface area contributed by atoms with E-state index < -0.39 is 6.04 Å². The number of amides is 1. The quantitative estimate of drug-likeness (QED) is 0.787. The summed E-state index contributed by atoms with van der Waals surface area (Å²) in [4.78, 5) is 14.9. The van der Waals surface area contributed by atoms with Gasteiger partial charge < -0.3 is 15.8 Å². The van der Waals surface area contributed by atoms with Crippen LogP contribution in [0.4, 0.5) is 5.69 Å². The Hall–Kier alpha value is -2.37. The van der Waals surface area contributed by atoms with Crippen LogP contribution in [0.5, 0.6) is 5.75 Å². The standard InChI is InChI=1S/C22H29N3O2/c1-16-5-7-18(8-6-16)21(23)22(26)24-19-9-10-20(17(2)15-19)27-14-13-25-11-3-4-12-25/h5-10,15,21H,3-4,11-14,23H2,1-2H3,(H,24,26). The summed E-state index contributed by atoms with van der Waals surface area (Å²) in [6.45, 7) is 7.99. The van der Waals surface area contributed by atoms with Crippen molar-refractivity contribution in [2.24, 2.45) is 5.73 Å². The van der Waals surface area contributed by atoms with Gasteiger partial charge in [0.25, 0.3) is 0 Å². The van der Waals surface area contributed by atoms with Gasteiger partial charge in [0.1, 0.15) is 18.4 Å². The van der Waals surface area contributed by atoms with Crippen molar-refractivity contribution in [3.05, 3.63) is 59.2 Å². The zero-order valence-corrected chi connectivity index (χ0v) is 16.2. The Balaban J connectivity index is 1.54. The van der Waals surface area contributed by atoms with E-state index in [2.05, 4.69) is 10.2 Å². The van der Waals surface area contributed by atoms with Crippen LogP contribution < -0.4 is 15.8 Å². The predicted molar refractivity (Wildman–Crippen MR) is 109 cm³/mol. The van der Waals surface area contributed by atoms with E-state index in [-0.39, 0.29) is 5.91 Å². The van der Waals surface area contributed by atoms with Crippen LogP contribution in [-0.2, 0) is 4.79 Å². The highest BCUT2D eigenvalue weighted by Crippen LogP contribution is 2.23. The molecule has 1 unspecified atom stereocenters. The number of benzene rings is 2. The van der Waals surface area contributed by atoms with Crippen LogP contribution in [0.1, 0.15) is 35.6 Å². The van der Waals surface area contributed by atoms with Crippen molar-refractivity contribution in [1.82, 2.24) is 4.90 Å². The number of anilines is 1. The zero-order chi connectivity index (χ0) is 19.2. The average molecular weight is 367 g/mol. The van der Waals surface area contributed by atoms with Crippen molar-refractivity contribution in [2.45, 2.75) is 32.7 Å². The molecular formula is C22H29N3O2. The van der Waals surface area contributed by atoms with Gasteiger partial charge in [0.15, 0.2) is 0 Å². The first kappa shape index (κ1) is 19.4. The molecule has 1 saturated heterocycles. The minimum absolute atomic E-state index is 0.221. The molecule has 5 nitrogen and oxygen atoms in total. The largest absolute Gasteiger partial charge is 0.492 e. The van der Waals surface area contributed by atoms with Crippen LogP contribution in [0.15, 0.2) is 42.5 Å². The fourth-order valence-electron chi connectivity index (χ4n) is 3.33. The summed E-state index contributed by atoms with van der Waals surface area (Å²) in [5, 5.41) is 2.90. The van der Waals surface area contributed by atoms with Crippen LogP contribution in [0, 0.1) is 13.8 Å². The van der Waals surface area contributed by atoms with E-state index in [0.29, 0.717) is 6.61 Å². The van der Waals surface area contributed by atoms with Gasteiger partial charge in [-0.25, -0.2) is 0 Å². The molecule has 27 heavy (non-hydrogen) atoms.